The number of hydrogen-bond acceptors (Lipinski definition) is 4. The highest BCUT2D eigenvalue weighted by atomic mass is 16.5. The first-order valence-electron chi connectivity index (χ1n) is 7.71. The number of aryl methyl sites for hydroxylation is 1. The minimum atomic E-state index is -1.04. The van der Waals surface area contributed by atoms with Crippen LogP contribution in [0.3, 0.4) is 0 Å². The molecule has 2 N–H and O–H groups in total. The van der Waals surface area contributed by atoms with Crippen LogP contribution in [-0.2, 0) is 20.7 Å². The molecule has 1 aromatic carbocycles. The highest BCUT2D eigenvalue weighted by molar-refractivity contribution is 6.45. The van der Waals surface area contributed by atoms with Crippen molar-refractivity contribution in [3.63, 3.8) is 0 Å². The van der Waals surface area contributed by atoms with E-state index in [-0.39, 0.29) is 17.8 Å². The van der Waals surface area contributed by atoms with E-state index in [1.807, 2.05) is 30.3 Å². The molecule has 0 radical (unpaired) electrons. The Hall–Kier alpha value is -1.66. The van der Waals surface area contributed by atoms with Gasteiger partial charge in [0.1, 0.15) is 5.78 Å². The molecule has 0 aliphatic carbocycles. The number of ketones is 1. The number of hydrogen-bond donors (Lipinski definition) is 2. The van der Waals surface area contributed by atoms with Gasteiger partial charge >= 0.3 is 7.12 Å². The Morgan fingerprint density at radius 1 is 1.32 bits per heavy atom. The van der Waals surface area contributed by atoms with E-state index in [0.29, 0.717) is 32.1 Å². The summed E-state index contributed by atoms with van der Waals surface area (Å²) in [6, 6.07) is 9.80. The fourth-order valence-corrected chi connectivity index (χ4v) is 2.66. The molecule has 2 rings (SSSR count). The maximum atomic E-state index is 12.0. The number of carbonyl (C=O) groups is 2. The molecule has 1 fully saturated rings. The molecule has 6 heteroatoms. The van der Waals surface area contributed by atoms with Crippen molar-refractivity contribution >= 4 is 18.8 Å². The van der Waals surface area contributed by atoms with Gasteiger partial charge in [0.05, 0.1) is 5.94 Å². The Kier molecular flexibility index (Phi) is 6.15. The molecule has 0 unspecified atom stereocenters. The molecule has 1 heterocycles. The summed E-state index contributed by atoms with van der Waals surface area (Å²) in [4.78, 5) is 23.0. The number of nitrogens with one attached hydrogen (secondary N) is 1. The Balaban J connectivity index is 1.74. The van der Waals surface area contributed by atoms with Crippen LogP contribution in [0.2, 0.25) is 0 Å². The maximum absolute atomic E-state index is 12.0. The molecule has 1 aliphatic rings. The fraction of sp³-hybridized carbons (Fsp3) is 0.500. The van der Waals surface area contributed by atoms with Gasteiger partial charge in [0.2, 0.25) is 5.91 Å². The average Bonchev–Trinajstić information content (AvgIpc) is 2.48. The summed E-state index contributed by atoms with van der Waals surface area (Å²) in [6.07, 6.45) is 2.40. The lowest BCUT2D eigenvalue weighted by Gasteiger charge is -2.31. The summed E-state index contributed by atoms with van der Waals surface area (Å²) in [5, 5.41) is 12.8. The third-order valence-electron chi connectivity index (χ3n) is 3.82. The Morgan fingerprint density at radius 2 is 2.05 bits per heavy atom. The number of rotatable bonds is 6. The van der Waals surface area contributed by atoms with Gasteiger partial charge in [-0.3, -0.25) is 9.59 Å². The predicted octanol–water partition coefficient (Wildman–Crippen LogP) is 1.28. The van der Waals surface area contributed by atoms with Crippen LogP contribution in [-0.4, -0.2) is 35.9 Å². The van der Waals surface area contributed by atoms with Crippen LogP contribution < -0.4 is 5.32 Å². The van der Waals surface area contributed by atoms with Gasteiger partial charge in [0.15, 0.2) is 0 Å². The van der Waals surface area contributed by atoms with Crippen LogP contribution >= 0.6 is 0 Å². The van der Waals surface area contributed by atoms with Gasteiger partial charge in [0, 0.05) is 18.9 Å². The summed E-state index contributed by atoms with van der Waals surface area (Å²) in [5.74, 6) is -0.449. The van der Waals surface area contributed by atoms with E-state index in [1.54, 1.807) is 0 Å². The van der Waals surface area contributed by atoms with Gasteiger partial charge in [-0.05, 0) is 31.7 Å². The number of carbonyl (C=O) groups excluding carboxylic acids is 2. The average molecular weight is 303 g/mol. The molecule has 5 nitrogen and oxygen atoms in total. The lowest BCUT2D eigenvalue weighted by molar-refractivity contribution is -0.122. The molecule has 118 valence electrons. The van der Waals surface area contributed by atoms with E-state index >= 15 is 0 Å². The number of benzene rings is 1. The highest BCUT2D eigenvalue weighted by Crippen LogP contribution is 2.19. The molecule has 0 spiro atoms. The minimum absolute atomic E-state index is 0.0440. The van der Waals surface area contributed by atoms with Gasteiger partial charge in [-0.2, -0.15) is 0 Å². The van der Waals surface area contributed by atoms with Crippen molar-refractivity contribution in [1.82, 2.24) is 5.32 Å². The molecular weight excluding hydrogens is 281 g/mol. The Bertz CT molecular complexity index is 508. The summed E-state index contributed by atoms with van der Waals surface area (Å²) in [5.41, 5.74) is 1.11. The number of Topliss-reactive ketones (excluding diaryl/α,β-unsaturated/α-hetero) is 1. The minimum Gasteiger partial charge on any atom is -0.426 e. The smallest absolute Gasteiger partial charge is 0.426 e. The van der Waals surface area contributed by atoms with Crippen LogP contribution in [0.15, 0.2) is 30.3 Å². The van der Waals surface area contributed by atoms with E-state index in [1.165, 1.54) is 6.92 Å². The molecular formula is C16H22BNO4. The van der Waals surface area contributed by atoms with E-state index in [9.17, 15) is 14.6 Å². The van der Waals surface area contributed by atoms with Gasteiger partial charge in [-0.15, -0.1) is 0 Å². The van der Waals surface area contributed by atoms with E-state index in [2.05, 4.69) is 5.32 Å². The normalized spacial score (nSPS) is 21.5. The van der Waals surface area contributed by atoms with Crippen molar-refractivity contribution < 1.29 is 19.3 Å². The first-order valence-corrected chi connectivity index (χ1v) is 7.71. The monoisotopic (exact) mass is 303 g/mol. The van der Waals surface area contributed by atoms with E-state index in [4.69, 9.17) is 4.65 Å². The molecule has 0 aromatic heterocycles. The zero-order valence-electron chi connectivity index (χ0n) is 12.8. The number of amides is 1. The zero-order valence-corrected chi connectivity index (χ0v) is 12.8. The second kappa shape index (κ2) is 8.10. The third kappa shape index (κ3) is 5.28. The van der Waals surface area contributed by atoms with Crippen molar-refractivity contribution in [3.05, 3.63) is 35.9 Å². The molecule has 2 atom stereocenters. The van der Waals surface area contributed by atoms with Crippen LogP contribution in [0.25, 0.3) is 0 Å². The van der Waals surface area contributed by atoms with Gasteiger partial charge in [0.25, 0.3) is 0 Å². The van der Waals surface area contributed by atoms with Gasteiger partial charge < -0.3 is 15.0 Å². The predicted molar refractivity (Wildman–Crippen MR) is 84.1 cm³/mol. The molecule has 1 aromatic rings. The second-order valence-electron chi connectivity index (χ2n) is 5.79. The fourth-order valence-electron chi connectivity index (χ4n) is 2.66. The van der Waals surface area contributed by atoms with Crippen molar-refractivity contribution in [2.45, 2.75) is 51.1 Å². The van der Waals surface area contributed by atoms with E-state index < -0.39 is 13.1 Å². The summed E-state index contributed by atoms with van der Waals surface area (Å²) < 4.78 is 5.39. The lowest BCUT2D eigenvalue weighted by Crippen LogP contribution is -2.52. The zero-order chi connectivity index (χ0) is 15.9. The largest absolute Gasteiger partial charge is 0.478 e. The summed E-state index contributed by atoms with van der Waals surface area (Å²) in [7, 11) is -1.04. The summed E-state index contributed by atoms with van der Waals surface area (Å²) in [6.45, 7) is 1.51. The van der Waals surface area contributed by atoms with Crippen LogP contribution in [0.4, 0.5) is 0 Å². The van der Waals surface area contributed by atoms with Crippen molar-refractivity contribution in [2.75, 3.05) is 0 Å². The first-order chi connectivity index (χ1) is 10.5. The molecule has 22 heavy (non-hydrogen) atoms. The molecule has 0 bridgehead atoms. The molecule has 1 aliphatic heterocycles. The van der Waals surface area contributed by atoms with Crippen LogP contribution in [0.1, 0.15) is 38.2 Å². The van der Waals surface area contributed by atoms with Gasteiger partial charge in [-0.1, -0.05) is 30.3 Å². The molecule has 0 saturated carbocycles. The Morgan fingerprint density at radius 3 is 2.68 bits per heavy atom. The quantitative estimate of drug-likeness (QED) is 0.776. The molecule has 1 amide bonds. The molecule has 1 saturated heterocycles. The van der Waals surface area contributed by atoms with E-state index in [0.717, 1.165) is 5.56 Å². The van der Waals surface area contributed by atoms with Crippen molar-refractivity contribution in [1.29, 1.82) is 0 Å². The lowest BCUT2D eigenvalue weighted by atomic mass is 9.72. The van der Waals surface area contributed by atoms with Crippen molar-refractivity contribution in [3.8, 4) is 0 Å². The van der Waals surface area contributed by atoms with Crippen LogP contribution in [0, 0.1) is 0 Å². The standard InChI is InChI=1S/C16H22BNO4/c1-12(19)11-14-8-9-15(17(21)22-14)18-16(20)10-7-13-5-3-2-4-6-13/h2-6,14-15,21H,7-11H2,1H3,(H,18,20)/t14-,15-/m0/s1. The highest BCUT2D eigenvalue weighted by Gasteiger charge is 2.36. The third-order valence-corrected chi connectivity index (χ3v) is 3.82. The SMILES string of the molecule is CC(=O)C[C@@H]1CC[C@H](NC(=O)CCc2ccccc2)B(O)O1. The maximum Gasteiger partial charge on any atom is 0.478 e. The first kappa shape index (κ1) is 16.7. The van der Waals surface area contributed by atoms with Crippen molar-refractivity contribution in [2.24, 2.45) is 0 Å². The Labute approximate surface area is 131 Å². The topological polar surface area (TPSA) is 75.6 Å². The second-order valence-corrected chi connectivity index (χ2v) is 5.79. The van der Waals surface area contributed by atoms with Gasteiger partial charge in [-0.25, -0.2) is 0 Å². The summed E-state index contributed by atoms with van der Waals surface area (Å²) >= 11 is 0. The van der Waals surface area contributed by atoms with Crippen LogP contribution in [0.5, 0.6) is 0 Å².